The van der Waals surface area contributed by atoms with E-state index in [2.05, 4.69) is 39.9 Å². The van der Waals surface area contributed by atoms with Crippen LogP contribution in [-0.2, 0) is 12.8 Å². The van der Waals surface area contributed by atoms with Crippen LogP contribution < -0.4 is 10.5 Å². The highest BCUT2D eigenvalue weighted by atomic mass is 32.1. The first-order chi connectivity index (χ1) is 17.0. The SMILES string of the molecule is CC(C)c1csc(CCc2ccn3c(=O)c(/C=C/c4nn[nH]n4)c(N4CCCC(O)C4)nc3c2)n1. The highest BCUT2D eigenvalue weighted by molar-refractivity contribution is 7.09. The van der Waals surface area contributed by atoms with E-state index in [1.165, 1.54) is 0 Å². The van der Waals surface area contributed by atoms with Gasteiger partial charge in [-0.3, -0.25) is 9.20 Å². The molecule has 10 nitrogen and oxygen atoms in total. The molecule has 0 aliphatic carbocycles. The van der Waals surface area contributed by atoms with E-state index in [-0.39, 0.29) is 5.56 Å². The molecule has 35 heavy (non-hydrogen) atoms. The summed E-state index contributed by atoms with van der Waals surface area (Å²) in [5, 5.41) is 27.3. The van der Waals surface area contributed by atoms with Crippen LogP contribution in [0.15, 0.2) is 28.5 Å². The van der Waals surface area contributed by atoms with Gasteiger partial charge in [-0.2, -0.15) is 5.21 Å². The third kappa shape index (κ3) is 5.15. The lowest BCUT2D eigenvalue weighted by Crippen LogP contribution is -2.40. The van der Waals surface area contributed by atoms with E-state index in [0.717, 1.165) is 48.5 Å². The molecule has 0 bridgehead atoms. The average molecular weight is 493 g/mol. The monoisotopic (exact) mass is 492 g/mol. The Labute approximate surface area is 206 Å². The van der Waals surface area contributed by atoms with Gasteiger partial charge in [-0.25, -0.2) is 9.97 Å². The predicted molar refractivity (Wildman–Crippen MR) is 136 cm³/mol. The largest absolute Gasteiger partial charge is 0.391 e. The van der Waals surface area contributed by atoms with E-state index < -0.39 is 6.10 Å². The number of tetrazole rings is 1. The minimum atomic E-state index is -0.446. The fourth-order valence-corrected chi connectivity index (χ4v) is 5.19. The second-order valence-electron chi connectivity index (χ2n) is 9.08. The van der Waals surface area contributed by atoms with Crippen LogP contribution in [0.5, 0.6) is 0 Å². The summed E-state index contributed by atoms with van der Waals surface area (Å²) < 4.78 is 1.56. The van der Waals surface area contributed by atoms with Crippen LogP contribution in [0.3, 0.4) is 0 Å². The summed E-state index contributed by atoms with van der Waals surface area (Å²) in [6, 6.07) is 3.93. The number of anilines is 1. The Balaban J connectivity index is 1.49. The zero-order chi connectivity index (χ0) is 24.4. The van der Waals surface area contributed by atoms with Crippen molar-refractivity contribution in [1.29, 1.82) is 0 Å². The third-order valence-electron chi connectivity index (χ3n) is 6.15. The third-order valence-corrected chi connectivity index (χ3v) is 7.08. The number of nitrogens with zero attached hydrogens (tertiary/aromatic N) is 7. The molecule has 182 valence electrons. The normalized spacial score (nSPS) is 16.7. The zero-order valence-corrected chi connectivity index (χ0v) is 20.6. The highest BCUT2D eigenvalue weighted by Gasteiger charge is 2.23. The van der Waals surface area contributed by atoms with Gasteiger partial charge in [0.15, 0.2) is 5.82 Å². The molecule has 1 fully saturated rings. The van der Waals surface area contributed by atoms with E-state index in [1.54, 1.807) is 34.1 Å². The molecule has 0 amide bonds. The second kappa shape index (κ2) is 10.0. The molecular weight excluding hydrogens is 464 g/mol. The number of piperidine rings is 1. The van der Waals surface area contributed by atoms with Gasteiger partial charge in [0, 0.05) is 31.1 Å². The summed E-state index contributed by atoms with van der Waals surface area (Å²) in [7, 11) is 0. The highest BCUT2D eigenvalue weighted by Crippen LogP contribution is 2.24. The van der Waals surface area contributed by atoms with Crippen LogP contribution >= 0.6 is 11.3 Å². The summed E-state index contributed by atoms with van der Waals surface area (Å²) in [6.45, 7) is 5.46. The summed E-state index contributed by atoms with van der Waals surface area (Å²) in [5.74, 6) is 1.36. The van der Waals surface area contributed by atoms with Crippen molar-refractivity contribution in [1.82, 2.24) is 35.0 Å². The fourth-order valence-electron chi connectivity index (χ4n) is 4.23. The lowest BCUT2D eigenvalue weighted by atomic mass is 10.1. The molecule has 1 atom stereocenters. The van der Waals surface area contributed by atoms with Crippen molar-refractivity contribution in [3.63, 3.8) is 0 Å². The quantitative estimate of drug-likeness (QED) is 0.403. The van der Waals surface area contributed by atoms with E-state index in [1.807, 2.05) is 17.0 Å². The minimum Gasteiger partial charge on any atom is -0.391 e. The molecule has 1 saturated heterocycles. The van der Waals surface area contributed by atoms with Gasteiger partial charge in [-0.05, 0) is 60.2 Å². The van der Waals surface area contributed by atoms with Crippen molar-refractivity contribution < 1.29 is 5.11 Å². The lowest BCUT2D eigenvalue weighted by Gasteiger charge is -2.32. The van der Waals surface area contributed by atoms with Crippen molar-refractivity contribution in [2.75, 3.05) is 18.0 Å². The van der Waals surface area contributed by atoms with Gasteiger partial charge in [0.25, 0.3) is 5.56 Å². The number of aryl methyl sites for hydroxylation is 2. The molecule has 0 saturated carbocycles. The van der Waals surface area contributed by atoms with E-state index in [4.69, 9.17) is 9.97 Å². The summed E-state index contributed by atoms with van der Waals surface area (Å²) >= 11 is 1.69. The van der Waals surface area contributed by atoms with Gasteiger partial charge in [-0.1, -0.05) is 13.8 Å². The van der Waals surface area contributed by atoms with Crippen LogP contribution in [0.25, 0.3) is 17.8 Å². The number of pyridine rings is 1. The number of aromatic amines is 1. The van der Waals surface area contributed by atoms with Gasteiger partial charge >= 0.3 is 0 Å². The Morgan fingerprint density at radius 1 is 1.29 bits per heavy atom. The Kier molecular flexibility index (Phi) is 6.69. The molecule has 5 rings (SSSR count). The molecule has 1 aliphatic rings. The van der Waals surface area contributed by atoms with Crippen LogP contribution in [0, 0.1) is 0 Å². The molecular formula is C24H28N8O2S. The molecule has 4 aromatic rings. The summed E-state index contributed by atoms with van der Waals surface area (Å²) in [5.41, 5.74) is 3.06. The molecule has 1 aliphatic heterocycles. The molecule has 11 heteroatoms. The maximum atomic E-state index is 13.5. The van der Waals surface area contributed by atoms with Gasteiger partial charge < -0.3 is 10.0 Å². The Morgan fingerprint density at radius 2 is 2.17 bits per heavy atom. The standard InChI is InChI=1S/C24H28N8O2S/c1-15(2)19-14-35-22(25-19)8-5-16-9-11-32-21(12-16)26-23(31-10-3-4-17(33)13-31)18(24(32)34)6-7-20-27-29-30-28-20/h6-7,9,11-12,14-15,17,33H,3-5,8,10,13H2,1-2H3,(H,27,28,29,30)/b7-6+. The molecule has 0 radical (unpaired) electrons. The first-order valence-electron chi connectivity index (χ1n) is 11.8. The zero-order valence-electron chi connectivity index (χ0n) is 19.8. The Morgan fingerprint density at radius 3 is 2.91 bits per heavy atom. The number of hydrogen-bond donors (Lipinski definition) is 2. The minimum absolute atomic E-state index is 0.183. The first-order valence-corrected chi connectivity index (χ1v) is 12.7. The van der Waals surface area contributed by atoms with Gasteiger partial charge in [-0.15, -0.1) is 21.5 Å². The van der Waals surface area contributed by atoms with Gasteiger partial charge in [0.05, 0.1) is 22.4 Å². The number of nitrogens with one attached hydrogen (secondary N) is 1. The molecule has 0 aromatic carbocycles. The Hall–Kier alpha value is -3.44. The average Bonchev–Trinajstić information content (AvgIpc) is 3.54. The molecule has 0 spiro atoms. The number of hydrogen-bond acceptors (Lipinski definition) is 9. The number of aliphatic hydroxyl groups excluding tert-OH is 1. The smallest absolute Gasteiger partial charge is 0.267 e. The number of thiazole rings is 1. The molecule has 5 heterocycles. The topological polar surface area (TPSA) is 125 Å². The van der Waals surface area contributed by atoms with Crippen molar-refractivity contribution in [2.24, 2.45) is 0 Å². The van der Waals surface area contributed by atoms with Crippen LogP contribution in [0.4, 0.5) is 5.82 Å². The maximum Gasteiger partial charge on any atom is 0.267 e. The van der Waals surface area contributed by atoms with Crippen LogP contribution in [-0.4, -0.2) is 59.3 Å². The van der Waals surface area contributed by atoms with Crippen molar-refractivity contribution in [2.45, 2.75) is 51.6 Å². The Bertz CT molecular complexity index is 1390. The van der Waals surface area contributed by atoms with Crippen LogP contribution in [0.1, 0.15) is 60.3 Å². The number of fused-ring (bicyclic) bond motifs is 1. The van der Waals surface area contributed by atoms with Gasteiger partial charge in [0.1, 0.15) is 11.5 Å². The van der Waals surface area contributed by atoms with Crippen LogP contribution in [0.2, 0.25) is 0 Å². The number of aliphatic hydroxyl groups is 1. The number of aromatic nitrogens is 7. The fraction of sp³-hybridized carbons (Fsp3) is 0.417. The second-order valence-corrected chi connectivity index (χ2v) is 10.0. The number of β-amino-alcohol motifs (C(OH)–C–C–N with tert-alkyl or cyclic N) is 1. The van der Waals surface area contributed by atoms with E-state index in [0.29, 0.717) is 35.3 Å². The van der Waals surface area contributed by atoms with Crippen molar-refractivity contribution in [3.8, 4) is 0 Å². The lowest BCUT2D eigenvalue weighted by molar-refractivity contribution is 0.154. The maximum absolute atomic E-state index is 13.5. The first kappa shape index (κ1) is 23.3. The van der Waals surface area contributed by atoms with E-state index >= 15 is 0 Å². The molecule has 1 unspecified atom stereocenters. The van der Waals surface area contributed by atoms with Crippen molar-refractivity contribution >= 4 is 35.0 Å². The number of rotatable bonds is 7. The molecule has 4 aromatic heterocycles. The van der Waals surface area contributed by atoms with E-state index in [9.17, 15) is 9.90 Å². The molecule has 2 N–H and O–H groups in total. The summed E-state index contributed by atoms with van der Waals surface area (Å²) in [4.78, 5) is 25.1. The van der Waals surface area contributed by atoms with Crippen molar-refractivity contribution in [3.05, 3.63) is 61.7 Å². The number of H-pyrrole nitrogens is 1. The van der Waals surface area contributed by atoms with Gasteiger partial charge in [0.2, 0.25) is 0 Å². The summed E-state index contributed by atoms with van der Waals surface area (Å²) in [6.07, 6.45) is 7.88. The predicted octanol–water partition coefficient (Wildman–Crippen LogP) is 2.70.